The Morgan fingerprint density at radius 3 is 2.47 bits per heavy atom. The number of nitrogens with zero attached hydrogens (tertiary/aromatic N) is 2. The molecule has 0 unspecified atom stereocenters. The molecule has 2 N–H and O–H groups in total. The lowest BCUT2D eigenvalue weighted by Gasteiger charge is -2.22. The van der Waals surface area contributed by atoms with Crippen LogP contribution in [0.2, 0.25) is 0 Å². The van der Waals surface area contributed by atoms with Crippen LogP contribution in [0.15, 0.2) is 15.8 Å². The van der Waals surface area contributed by atoms with Crippen LogP contribution in [0, 0.1) is 5.41 Å². The van der Waals surface area contributed by atoms with E-state index in [0.29, 0.717) is 6.54 Å². The van der Waals surface area contributed by atoms with Crippen molar-refractivity contribution in [2.45, 2.75) is 33.9 Å². The van der Waals surface area contributed by atoms with E-state index in [1.807, 2.05) is 0 Å². The summed E-state index contributed by atoms with van der Waals surface area (Å²) in [7, 11) is 1.26. The molecule has 1 aromatic heterocycles. The van der Waals surface area contributed by atoms with Crippen molar-refractivity contribution in [3.05, 3.63) is 27.0 Å². The smallest absolute Gasteiger partial charge is 0.331 e. The van der Waals surface area contributed by atoms with Crippen molar-refractivity contribution >= 4 is 11.7 Å². The van der Waals surface area contributed by atoms with Crippen LogP contribution in [0.25, 0.3) is 0 Å². The third-order valence-corrected chi connectivity index (χ3v) is 2.90. The topological polar surface area (TPSA) is 96.3 Å². The SMILES string of the molecule is CCn1cc(N)c(=O)n(CC(C)(C)C(=O)OC)c1=O. The highest BCUT2D eigenvalue weighted by Gasteiger charge is 2.30. The van der Waals surface area contributed by atoms with Crippen LogP contribution in [0.1, 0.15) is 20.8 Å². The number of nitrogens with two attached hydrogens (primary N) is 1. The number of aromatic nitrogens is 2. The first-order valence-corrected chi connectivity index (χ1v) is 5.92. The number of rotatable bonds is 4. The summed E-state index contributed by atoms with van der Waals surface area (Å²) in [4.78, 5) is 35.6. The molecule has 0 atom stereocenters. The second-order valence-electron chi connectivity index (χ2n) is 4.92. The monoisotopic (exact) mass is 269 g/mol. The number of anilines is 1. The van der Waals surface area contributed by atoms with Gasteiger partial charge in [0.1, 0.15) is 5.69 Å². The predicted molar refractivity (Wildman–Crippen MR) is 70.8 cm³/mol. The highest BCUT2D eigenvalue weighted by molar-refractivity contribution is 5.75. The van der Waals surface area contributed by atoms with Gasteiger partial charge in [-0.2, -0.15) is 0 Å². The first-order valence-electron chi connectivity index (χ1n) is 5.92. The summed E-state index contributed by atoms with van der Waals surface area (Å²) in [5.74, 6) is -0.496. The van der Waals surface area contributed by atoms with E-state index in [-0.39, 0.29) is 12.2 Å². The lowest BCUT2D eigenvalue weighted by Crippen LogP contribution is -2.45. The molecule has 0 fully saturated rings. The van der Waals surface area contributed by atoms with Crippen molar-refractivity contribution in [3.63, 3.8) is 0 Å². The Morgan fingerprint density at radius 2 is 2.00 bits per heavy atom. The molecule has 0 saturated carbocycles. The lowest BCUT2D eigenvalue weighted by molar-refractivity contribution is -0.151. The highest BCUT2D eigenvalue weighted by atomic mass is 16.5. The third-order valence-electron chi connectivity index (χ3n) is 2.90. The van der Waals surface area contributed by atoms with Crippen LogP contribution in [0.4, 0.5) is 5.69 Å². The fourth-order valence-corrected chi connectivity index (χ4v) is 1.78. The van der Waals surface area contributed by atoms with E-state index in [1.54, 1.807) is 20.8 Å². The molecule has 0 saturated heterocycles. The van der Waals surface area contributed by atoms with Crippen molar-refractivity contribution in [1.82, 2.24) is 9.13 Å². The van der Waals surface area contributed by atoms with Crippen LogP contribution >= 0.6 is 0 Å². The molecule has 0 spiro atoms. The summed E-state index contributed by atoms with van der Waals surface area (Å²) < 4.78 is 6.95. The van der Waals surface area contributed by atoms with Crippen LogP contribution in [0.5, 0.6) is 0 Å². The number of methoxy groups -OCH3 is 1. The molecule has 0 aliphatic carbocycles. The van der Waals surface area contributed by atoms with Gasteiger partial charge in [0, 0.05) is 19.3 Å². The van der Waals surface area contributed by atoms with Gasteiger partial charge in [-0.3, -0.25) is 18.7 Å². The Hall–Kier alpha value is -2.05. The first-order chi connectivity index (χ1) is 8.74. The van der Waals surface area contributed by atoms with Gasteiger partial charge in [-0.05, 0) is 20.8 Å². The van der Waals surface area contributed by atoms with E-state index in [2.05, 4.69) is 4.74 Å². The summed E-state index contributed by atoms with van der Waals surface area (Å²) in [5, 5.41) is 0. The van der Waals surface area contributed by atoms with Crippen molar-refractivity contribution in [2.75, 3.05) is 12.8 Å². The number of carbonyl (C=O) groups excluding carboxylic acids is 1. The Labute approximate surface area is 110 Å². The number of nitrogen functional groups attached to an aromatic ring is 1. The van der Waals surface area contributed by atoms with Crippen LogP contribution in [0.3, 0.4) is 0 Å². The molecular formula is C12H19N3O4. The molecule has 1 rings (SSSR count). The van der Waals surface area contributed by atoms with E-state index in [9.17, 15) is 14.4 Å². The number of carbonyl (C=O) groups is 1. The van der Waals surface area contributed by atoms with Gasteiger partial charge < -0.3 is 10.5 Å². The Bertz CT molecular complexity index is 598. The quantitative estimate of drug-likeness (QED) is 0.764. The average molecular weight is 269 g/mol. The van der Waals surface area contributed by atoms with Crippen molar-refractivity contribution in [2.24, 2.45) is 5.41 Å². The van der Waals surface area contributed by atoms with Crippen molar-refractivity contribution < 1.29 is 9.53 Å². The summed E-state index contributed by atoms with van der Waals surface area (Å²) in [6.45, 7) is 5.28. The largest absolute Gasteiger partial charge is 0.469 e. The van der Waals surface area contributed by atoms with E-state index in [4.69, 9.17) is 5.73 Å². The summed E-state index contributed by atoms with van der Waals surface area (Å²) in [5.41, 5.74) is 3.49. The van der Waals surface area contributed by atoms with Gasteiger partial charge in [0.15, 0.2) is 0 Å². The first kappa shape index (κ1) is 15.0. The van der Waals surface area contributed by atoms with E-state index in [0.717, 1.165) is 4.57 Å². The number of hydrogen-bond donors (Lipinski definition) is 1. The fraction of sp³-hybridized carbons (Fsp3) is 0.583. The summed E-state index contributed by atoms with van der Waals surface area (Å²) in [6, 6.07) is 0. The standard InChI is InChI=1S/C12H19N3O4/c1-5-14-6-8(13)9(16)15(11(14)18)7-12(2,3)10(17)19-4/h6H,5,7,13H2,1-4H3. The van der Waals surface area contributed by atoms with Gasteiger partial charge in [0.2, 0.25) is 0 Å². The third kappa shape index (κ3) is 2.86. The molecule has 0 radical (unpaired) electrons. The number of aryl methyl sites for hydroxylation is 1. The fourth-order valence-electron chi connectivity index (χ4n) is 1.78. The van der Waals surface area contributed by atoms with Gasteiger partial charge in [0.05, 0.1) is 12.5 Å². The highest BCUT2D eigenvalue weighted by Crippen LogP contribution is 2.18. The molecule has 106 valence electrons. The molecule has 0 amide bonds. The maximum Gasteiger partial charge on any atom is 0.331 e. The minimum Gasteiger partial charge on any atom is -0.469 e. The lowest BCUT2D eigenvalue weighted by atomic mass is 9.93. The molecule has 1 heterocycles. The molecule has 0 bridgehead atoms. The molecular weight excluding hydrogens is 250 g/mol. The maximum atomic E-state index is 12.1. The summed E-state index contributed by atoms with van der Waals surface area (Å²) in [6.07, 6.45) is 1.31. The van der Waals surface area contributed by atoms with Crippen molar-refractivity contribution in [3.8, 4) is 0 Å². The van der Waals surface area contributed by atoms with Gasteiger partial charge in [0.25, 0.3) is 5.56 Å². The van der Waals surface area contributed by atoms with Gasteiger partial charge >= 0.3 is 11.7 Å². The molecule has 0 aromatic carbocycles. The molecule has 7 heteroatoms. The molecule has 0 aliphatic heterocycles. The second kappa shape index (κ2) is 5.29. The van der Waals surface area contributed by atoms with Gasteiger partial charge in [-0.25, -0.2) is 4.79 Å². The zero-order valence-corrected chi connectivity index (χ0v) is 11.6. The minimum atomic E-state index is -0.989. The van der Waals surface area contributed by atoms with Crippen LogP contribution in [-0.2, 0) is 22.6 Å². The Balaban J connectivity index is 3.37. The Kier molecular flexibility index (Phi) is 4.18. The Morgan fingerprint density at radius 1 is 1.42 bits per heavy atom. The van der Waals surface area contributed by atoms with Crippen molar-refractivity contribution in [1.29, 1.82) is 0 Å². The zero-order chi connectivity index (χ0) is 14.8. The average Bonchev–Trinajstić information content (AvgIpc) is 2.37. The maximum absolute atomic E-state index is 12.1. The van der Waals surface area contributed by atoms with E-state index >= 15 is 0 Å². The minimum absolute atomic E-state index is 0.0258. The number of esters is 1. The summed E-state index contributed by atoms with van der Waals surface area (Å²) >= 11 is 0. The van der Waals surface area contributed by atoms with E-state index < -0.39 is 22.6 Å². The second-order valence-corrected chi connectivity index (χ2v) is 4.92. The van der Waals surface area contributed by atoms with Gasteiger partial charge in [-0.15, -0.1) is 0 Å². The molecule has 1 aromatic rings. The number of ether oxygens (including phenoxy) is 1. The zero-order valence-electron chi connectivity index (χ0n) is 11.6. The van der Waals surface area contributed by atoms with Crippen LogP contribution < -0.4 is 17.0 Å². The van der Waals surface area contributed by atoms with Gasteiger partial charge in [-0.1, -0.05) is 0 Å². The molecule has 7 nitrogen and oxygen atoms in total. The predicted octanol–water partition coefficient (Wildman–Crippen LogP) is -0.189. The molecule has 19 heavy (non-hydrogen) atoms. The van der Waals surface area contributed by atoms with E-state index in [1.165, 1.54) is 17.9 Å². The normalized spacial score (nSPS) is 11.4. The van der Waals surface area contributed by atoms with Crippen LogP contribution in [-0.4, -0.2) is 22.2 Å². The number of hydrogen-bond acceptors (Lipinski definition) is 5. The molecule has 0 aliphatic rings.